The minimum absolute atomic E-state index is 0.187. The number of imide groups is 1. The van der Waals surface area contributed by atoms with E-state index in [1.807, 2.05) is 20.8 Å². The van der Waals surface area contributed by atoms with Crippen molar-refractivity contribution < 1.29 is 23.9 Å². The second kappa shape index (κ2) is 8.56. The Morgan fingerprint density at radius 2 is 1.74 bits per heavy atom. The summed E-state index contributed by atoms with van der Waals surface area (Å²) in [4.78, 5) is 50.7. The van der Waals surface area contributed by atoms with E-state index in [0.717, 1.165) is 11.3 Å². The summed E-state index contributed by atoms with van der Waals surface area (Å²) in [6, 6.07) is 5.35. The zero-order valence-electron chi connectivity index (χ0n) is 15.9. The highest BCUT2D eigenvalue weighted by Crippen LogP contribution is 2.26. The van der Waals surface area contributed by atoms with Crippen LogP contribution in [0.4, 0.5) is 0 Å². The van der Waals surface area contributed by atoms with Crippen molar-refractivity contribution in [3.05, 3.63) is 35.4 Å². The number of fused-ring (bicyclic) bond motifs is 1. The van der Waals surface area contributed by atoms with Gasteiger partial charge >= 0.3 is 5.97 Å². The van der Waals surface area contributed by atoms with Crippen molar-refractivity contribution in [3.8, 4) is 0 Å². The number of amides is 3. The van der Waals surface area contributed by atoms with Crippen molar-refractivity contribution in [1.82, 2.24) is 10.2 Å². The molecule has 1 atom stereocenters. The van der Waals surface area contributed by atoms with E-state index in [2.05, 4.69) is 5.32 Å². The molecule has 0 spiro atoms. The number of carbonyl (C=O) groups excluding carboxylic acids is 4. The lowest BCUT2D eigenvalue weighted by molar-refractivity contribution is -0.152. The predicted molar refractivity (Wildman–Crippen MR) is 103 cm³/mol. The van der Waals surface area contributed by atoms with Crippen molar-refractivity contribution in [2.75, 3.05) is 18.6 Å². The summed E-state index contributed by atoms with van der Waals surface area (Å²) in [7, 11) is 0. The van der Waals surface area contributed by atoms with Crippen molar-refractivity contribution in [3.63, 3.8) is 0 Å². The Kier molecular flexibility index (Phi) is 6.64. The van der Waals surface area contributed by atoms with Gasteiger partial charge in [0.1, 0.15) is 6.04 Å². The fraction of sp³-hybridized carbons (Fsp3) is 0.474. The molecule has 1 heterocycles. The van der Waals surface area contributed by atoms with Gasteiger partial charge in [-0.2, -0.15) is 11.8 Å². The fourth-order valence-electron chi connectivity index (χ4n) is 2.63. The second-order valence-electron chi connectivity index (χ2n) is 6.89. The average Bonchev–Trinajstić information content (AvgIpc) is 2.89. The van der Waals surface area contributed by atoms with E-state index in [-0.39, 0.29) is 16.9 Å². The summed E-state index contributed by atoms with van der Waals surface area (Å²) in [5.74, 6) is -2.07. The minimum atomic E-state index is -1.08. The lowest BCUT2D eigenvalue weighted by Gasteiger charge is -2.26. The largest absolute Gasteiger partial charge is 0.454 e. The van der Waals surface area contributed by atoms with E-state index in [1.165, 1.54) is 11.8 Å². The van der Waals surface area contributed by atoms with Gasteiger partial charge in [0.2, 0.25) is 0 Å². The summed E-state index contributed by atoms with van der Waals surface area (Å²) in [6.07, 6.45) is 2.48. The number of rotatable bonds is 8. The monoisotopic (exact) mass is 392 g/mol. The van der Waals surface area contributed by atoms with Crippen molar-refractivity contribution in [1.29, 1.82) is 0 Å². The molecule has 0 saturated carbocycles. The summed E-state index contributed by atoms with van der Waals surface area (Å²) < 4.78 is 5.11. The van der Waals surface area contributed by atoms with Crippen LogP contribution in [0.2, 0.25) is 0 Å². The van der Waals surface area contributed by atoms with Crippen LogP contribution in [0.3, 0.4) is 0 Å². The Balaban J connectivity index is 2.09. The SMILES string of the molecule is CCC(C)(C)NC(=O)COC(=O)[C@H](CSC)N1C(=O)c2ccccc2C1=O. The second-order valence-corrected chi connectivity index (χ2v) is 7.80. The predicted octanol–water partition coefficient (Wildman–Crippen LogP) is 1.86. The summed E-state index contributed by atoms with van der Waals surface area (Å²) >= 11 is 1.31. The van der Waals surface area contributed by atoms with Gasteiger partial charge in [0.25, 0.3) is 17.7 Å². The Hall–Kier alpha value is -2.35. The summed E-state index contributed by atoms with van der Waals surface area (Å²) in [5, 5.41) is 2.76. The molecule has 3 amide bonds. The average molecular weight is 392 g/mol. The molecule has 7 nitrogen and oxygen atoms in total. The maximum Gasteiger partial charge on any atom is 0.330 e. The molecule has 146 valence electrons. The number of esters is 1. The number of thioether (sulfide) groups is 1. The van der Waals surface area contributed by atoms with Crippen LogP contribution in [-0.2, 0) is 14.3 Å². The molecule has 1 N–H and O–H groups in total. The van der Waals surface area contributed by atoms with Crippen LogP contribution in [0.25, 0.3) is 0 Å². The summed E-state index contributed by atoms with van der Waals surface area (Å²) in [6.45, 7) is 5.20. The van der Waals surface area contributed by atoms with Gasteiger partial charge in [0.05, 0.1) is 11.1 Å². The lowest BCUT2D eigenvalue weighted by Crippen LogP contribution is -2.49. The zero-order valence-corrected chi connectivity index (χ0v) is 16.7. The maximum atomic E-state index is 12.6. The number of hydrogen-bond donors (Lipinski definition) is 1. The number of carbonyl (C=O) groups is 4. The Morgan fingerprint density at radius 3 is 2.22 bits per heavy atom. The van der Waals surface area contributed by atoms with Crippen LogP contribution in [0.5, 0.6) is 0 Å². The number of ether oxygens (including phenoxy) is 1. The van der Waals surface area contributed by atoms with Crippen LogP contribution in [0, 0.1) is 0 Å². The molecule has 1 aliphatic rings. The lowest BCUT2D eigenvalue weighted by atomic mass is 10.0. The number of hydrogen-bond acceptors (Lipinski definition) is 6. The zero-order chi connectivity index (χ0) is 20.2. The first-order chi connectivity index (χ1) is 12.7. The van der Waals surface area contributed by atoms with Crippen LogP contribution in [-0.4, -0.2) is 58.8 Å². The first-order valence-corrected chi connectivity index (χ1v) is 10.0. The molecule has 0 bridgehead atoms. The third kappa shape index (κ3) is 4.68. The Bertz CT molecular complexity index is 727. The fourth-order valence-corrected chi connectivity index (χ4v) is 3.23. The van der Waals surface area contributed by atoms with Crippen molar-refractivity contribution in [2.24, 2.45) is 0 Å². The van der Waals surface area contributed by atoms with E-state index < -0.39 is 41.9 Å². The molecule has 1 aromatic rings. The van der Waals surface area contributed by atoms with Gasteiger partial charge < -0.3 is 10.1 Å². The van der Waals surface area contributed by atoms with Crippen LogP contribution in [0.1, 0.15) is 47.9 Å². The number of benzene rings is 1. The molecular weight excluding hydrogens is 368 g/mol. The molecule has 0 aromatic heterocycles. The van der Waals surface area contributed by atoms with Crippen molar-refractivity contribution in [2.45, 2.75) is 38.8 Å². The highest BCUT2D eigenvalue weighted by atomic mass is 32.2. The molecule has 2 rings (SSSR count). The first-order valence-electron chi connectivity index (χ1n) is 8.65. The molecule has 1 aromatic carbocycles. The Morgan fingerprint density at radius 1 is 1.19 bits per heavy atom. The van der Waals surface area contributed by atoms with E-state index in [0.29, 0.717) is 0 Å². The molecule has 0 saturated heterocycles. The van der Waals surface area contributed by atoms with Gasteiger partial charge in [-0.3, -0.25) is 19.3 Å². The smallest absolute Gasteiger partial charge is 0.330 e. The first kappa shape index (κ1) is 21.0. The van der Waals surface area contributed by atoms with Gasteiger partial charge in [0, 0.05) is 11.3 Å². The maximum absolute atomic E-state index is 12.6. The third-order valence-electron chi connectivity index (χ3n) is 4.44. The van der Waals surface area contributed by atoms with Crippen molar-refractivity contribution >= 4 is 35.5 Å². The van der Waals surface area contributed by atoms with Crippen LogP contribution in [0.15, 0.2) is 24.3 Å². The summed E-state index contributed by atoms with van der Waals surface area (Å²) in [5.41, 5.74) is 0.123. The third-order valence-corrected chi connectivity index (χ3v) is 5.09. The molecule has 0 fully saturated rings. The topological polar surface area (TPSA) is 92.8 Å². The molecule has 1 aliphatic heterocycles. The number of nitrogens with one attached hydrogen (secondary N) is 1. The standard InChI is InChI=1S/C19H24N2O5S/c1-5-19(2,3)20-15(22)10-26-18(25)14(11-27-4)21-16(23)12-8-6-7-9-13(12)17(21)24/h6-9,14H,5,10-11H2,1-4H3,(H,20,22)/t14-/m0/s1. The van der Waals surface area contributed by atoms with E-state index >= 15 is 0 Å². The molecule has 0 radical (unpaired) electrons. The van der Waals surface area contributed by atoms with Crippen LogP contribution < -0.4 is 5.32 Å². The molecule has 27 heavy (non-hydrogen) atoms. The van der Waals surface area contributed by atoms with E-state index in [4.69, 9.17) is 4.74 Å². The molecule has 0 aliphatic carbocycles. The molecule has 8 heteroatoms. The highest BCUT2D eigenvalue weighted by Gasteiger charge is 2.43. The van der Waals surface area contributed by atoms with Gasteiger partial charge in [-0.25, -0.2) is 4.79 Å². The van der Waals surface area contributed by atoms with E-state index in [9.17, 15) is 19.2 Å². The quantitative estimate of drug-likeness (QED) is 0.536. The van der Waals surface area contributed by atoms with E-state index in [1.54, 1.807) is 30.5 Å². The molecule has 0 unspecified atom stereocenters. The molecular formula is C19H24N2O5S. The Labute approximate surface area is 162 Å². The van der Waals surface area contributed by atoms with Gasteiger partial charge in [-0.15, -0.1) is 0 Å². The van der Waals surface area contributed by atoms with Gasteiger partial charge in [-0.05, 0) is 38.7 Å². The normalized spacial score (nSPS) is 14.7. The van der Waals surface area contributed by atoms with Gasteiger partial charge in [0.15, 0.2) is 6.61 Å². The minimum Gasteiger partial charge on any atom is -0.454 e. The van der Waals surface area contributed by atoms with Gasteiger partial charge in [-0.1, -0.05) is 19.1 Å². The highest BCUT2D eigenvalue weighted by molar-refractivity contribution is 7.98. The number of nitrogens with zero attached hydrogens (tertiary/aromatic N) is 1. The van der Waals surface area contributed by atoms with Crippen LogP contribution >= 0.6 is 11.8 Å².